The van der Waals surface area contributed by atoms with Gasteiger partial charge in [0, 0.05) is 26.7 Å². The van der Waals surface area contributed by atoms with Crippen LogP contribution in [0.4, 0.5) is 0 Å². The highest BCUT2D eigenvalue weighted by Crippen LogP contribution is 2.38. The van der Waals surface area contributed by atoms with E-state index in [1.165, 1.54) is 16.0 Å². The molecule has 2 N–H and O–H groups in total. The number of fused-ring (bicyclic) bond motifs is 1. The van der Waals surface area contributed by atoms with Crippen LogP contribution in [0.3, 0.4) is 0 Å². The average molecular weight is 308 g/mol. The molecule has 0 aliphatic heterocycles. The largest absolute Gasteiger partial charge is 0.321 e. The molecule has 3 rings (SSSR count). The average Bonchev–Trinajstić information content (AvgIpc) is 2.86. The molecule has 1 aliphatic rings. The zero-order chi connectivity index (χ0) is 11.9. The van der Waals surface area contributed by atoms with Gasteiger partial charge in [-0.25, -0.2) is 0 Å². The van der Waals surface area contributed by atoms with E-state index in [9.17, 15) is 0 Å². The number of aryl methyl sites for hydroxylation is 1. The number of hydrogen-bond acceptors (Lipinski definition) is 2. The quantitative estimate of drug-likeness (QED) is 0.896. The summed E-state index contributed by atoms with van der Waals surface area (Å²) in [4.78, 5) is 1.36. The molecule has 1 aromatic heterocycles. The summed E-state index contributed by atoms with van der Waals surface area (Å²) in [5.41, 5.74) is 9.20. The Labute approximate surface area is 114 Å². The number of nitrogens with two attached hydrogens (primary N) is 1. The summed E-state index contributed by atoms with van der Waals surface area (Å²) in [6.45, 7) is 0. The number of benzene rings is 1. The van der Waals surface area contributed by atoms with E-state index in [1.807, 2.05) is 0 Å². The molecule has 1 aliphatic carbocycles. The van der Waals surface area contributed by atoms with Crippen LogP contribution in [-0.4, -0.2) is 0 Å². The number of hydrogen-bond donors (Lipinski definition) is 1. The molecule has 0 saturated heterocycles. The highest BCUT2D eigenvalue weighted by molar-refractivity contribution is 9.10. The van der Waals surface area contributed by atoms with Gasteiger partial charge in [0.05, 0.1) is 0 Å². The summed E-state index contributed by atoms with van der Waals surface area (Å²) < 4.78 is 1.16. The lowest BCUT2D eigenvalue weighted by Crippen LogP contribution is -2.36. The molecule has 1 aromatic carbocycles. The molecule has 1 heterocycles. The van der Waals surface area contributed by atoms with Gasteiger partial charge in [0.1, 0.15) is 0 Å². The second-order valence-corrected chi connectivity index (χ2v) is 6.63. The summed E-state index contributed by atoms with van der Waals surface area (Å²) in [6, 6.07) is 10.8. The van der Waals surface area contributed by atoms with Gasteiger partial charge in [-0.15, -0.1) is 11.3 Å². The predicted molar refractivity (Wildman–Crippen MR) is 76.4 cm³/mol. The van der Waals surface area contributed by atoms with Crippen molar-refractivity contribution in [2.24, 2.45) is 5.73 Å². The Hall–Kier alpha value is -0.640. The van der Waals surface area contributed by atoms with E-state index in [2.05, 4.69) is 51.6 Å². The predicted octanol–water partition coefficient (Wildman–Crippen LogP) is 3.85. The van der Waals surface area contributed by atoms with Gasteiger partial charge in [0.15, 0.2) is 0 Å². The van der Waals surface area contributed by atoms with Crippen molar-refractivity contribution in [1.82, 2.24) is 0 Å². The topological polar surface area (TPSA) is 26.0 Å². The Balaban J connectivity index is 1.93. The van der Waals surface area contributed by atoms with Crippen LogP contribution in [0, 0.1) is 0 Å². The van der Waals surface area contributed by atoms with Gasteiger partial charge < -0.3 is 5.73 Å². The molecule has 0 radical (unpaired) electrons. The lowest BCUT2D eigenvalue weighted by molar-refractivity contribution is 0.442. The maximum absolute atomic E-state index is 6.60. The van der Waals surface area contributed by atoms with Crippen molar-refractivity contribution in [2.75, 3.05) is 0 Å². The Bertz CT molecular complexity index is 549. The van der Waals surface area contributed by atoms with Gasteiger partial charge >= 0.3 is 0 Å². The zero-order valence-electron chi connectivity index (χ0n) is 9.45. The Morgan fingerprint density at radius 3 is 2.94 bits per heavy atom. The summed E-state index contributed by atoms with van der Waals surface area (Å²) in [5, 5.41) is 2.12. The van der Waals surface area contributed by atoms with Crippen molar-refractivity contribution < 1.29 is 0 Å². The van der Waals surface area contributed by atoms with Gasteiger partial charge in [0.2, 0.25) is 0 Å². The third kappa shape index (κ3) is 2.07. The van der Waals surface area contributed by atoms with Crippen molar-refractivity contribution in [3.63, 3.8) is 0 Å². The van der Waals surface area contributed by atoms with Gasteiger partial charge in [-0.2, -0.15) is 0 Å². The van der Waals surface area contributed by atoms with E-state index < -0.39 is 0 Å². The smallest absolute Gasteiger partial charge is 0.0464 e. The zero-order valence-corrected chi connectivity index (χ0v) is 11.9. The Morgan fingerprint density at radius 2 is 2.18 bits per heavy atom. The van der Waals surface area contributed by atoms with Crippen LogP contribution in [0.15, 0.2) is 40.2 Å². The third-order valence-corrected chi connectivity index (χ3v) is 5.20. The minimum absolute atomic E-state index is 0.166. The fourth-order valence-electron chi connectivity index (χ4n) is 2.66. The van der Waals surface area contributed by atoms with Crippen LogP contribution in [0.25, 0.3) is 0 Å². The van der Waals surface area contributed by atoms with Gasteiger partial charge in [-0.3, -0.25) is 0 Å². The molecule has 88 valence electrons. The molecule has 0 fully saturated rings. The van der Waals surface area contributed by atoms with Gasteiger partial charge in [0.25, 0.3) is 0 Å². The van der Waals surface area contributed by atoms with Crippen LogP contribution in [-0.2, 0) is 18.4 Å². The van der Waals surface area contributed by atoms with Crippen LogP contribution >= 0.6 is 27.3 Å². The van der Waals surface area contributed by atoms with Crippen molar-refractivity contribution in [2.45, 2.75) is 24.8 Å². The number of halogens is 1. The van der Waals surface area contributed by atoms with Crippen LogP contribution in [0.5, 0.6) is 0 Å². The van der Waals surface area contributed by atoms with Crippen molar-refractivity contribution >= 4 is 27.3 Å². The maximum atomic E-state index is 6.60. The second-order valence-electron chi connectivity index (χ2n) is 4.72. The van der Waals surface area contributed by atoms with E-state index in [4.69, 9.17) is 5.73 Å². The van der Waals surface area contributed by atoms with E-state index >= 15 is 0 Å². The molecule has 17 heavy (non-hydrogen) atoms. The molecule has 2 aromatic rings. The van der Waals surface area contributed by atoms with Crippen molar-refractivity contribution in [3.8, 4) is 0 Å². The van der Waals surface area contributed by atoms with Crippen LogP contribution in [0.1, 0.15) is 22.4 Å². The molecule has 0 saturated carbocycles. The van der Waals surface area contributed by atoms with Gasteiger partial charge in [-0.1, -0.05) is 24.3 Å². The third-order valence-electron chi connectivity index (χ3n) is 3.51. The first-order chi connectivity index (χ1) is 8.17. The first-order valence-electron chi connectivity index (χ1n) is 5.78. The molecule has 1 unspecified atom stereocenters. The fourth-order valence-corrected chi connectivity index (χ4v) is 4.23. The lowest BCUT2D eigenvalue weighted by Gasteiger charge is -2.24. The lowest BCUT2D eigenvalue weighted by atomic mass is 9.89. The van der Waals surface area contributed by atoms with E-state index in [0.717, 1.165) is 23.7 Å². The monoisotopic (exact) mass is 307 g/mol. The Kier molecular flexibility index (Phi) is 2.85. The highest BCUT2D eigenvalue weighted by Gasteiger charge is 2.34. The summed E-state index contributed by atoms with van der Waals surface area (Å²) in [6.07, 6.45) is 3.11. The molecule has 0 spiro atoms. The standard InChI is InChI=1S/C14H14BrNS/c15-11-7-12(17-9-11)8-14(16)6-5-10-3-1-2-4-13(10)14/h1-4,7,9H,5-6,8,16H2. The van der Waals surface area contributed by atoms with E-state index in [1.54, 1.807) is 11.3 Å². The summed E-state index contributed by atoms with van der Waals surface area (Å²) >= 11 is 5.28. The molecule has 3 heteroatoms. The number of thiophene rings is 1. The fraction of sp³-hybridized carbons (Fsp3) is 0.286. The van der Waals surface area contributed by atoms with E-state index in [-0.39, 0.29) is 5.54 Å². The first-order valence-corrected chi connectivity index (χ1v) is 7.45. The van der Waals surface area contributed by atoms with Gasteiger partial charge in [-0.05, 0) is 46.0 Å². The molecule has 1 atom stereocenters. The SMILES string of the molecule is NC1(Cc2cc(Br)cs2)CCc2ccccc21. The summed E-state index contributed by atoms with van der Waals surface area (Å²) in [7, 11) is 0. The highest BCUT2D eigenvalue weighted by atomic mass is 79.9. The summed E-state index contributed by atoms with van der Waals surface area (Å²) in [5.74, 6) is 0. The van der Waals surface area contributed by atoms with Crippen molar-refractivity contribution in [3.05, 3.63) is 56.2 Å². The molecule has 1 nitrogen and oxygen atoms in total. The second kappa shape index (κ2) is 4.23. The molecule has 0 bridgehead atoms. The van der Waals surface area contributed by atoms with Crippen molar-refractivity contribution in [1.29, 1.82) is 0 Å². The minimum atomic E-state index is -0.166. The molecule has 0 amide bonds. The maximum Gasteiger partial charge on any atom is 0.0464 e. The van der Waals surface area contributed by atoms with Crippen LogP contribution in [0.2, 0.25) is 0 Å². The normalized spacial score (nSPS) is 22.7. The van der Waals surface area contributed by atoms with Crippen LogP contribution < -0.4 is 5.73 Å². The Morgan fingerprint density at radius 1 is 1.35 bits per heavy atom. The molecular weight excluding hydrogens is 294 g/mol. The minimum Gasteiger partial charge on any atom is -0.321 e. The van der Waals surface area contributed by atoms with E-state index in [0.29, 0.717) is 0 Å². The first kappa shape index (κ1) is 11.5. The number of rotatable bonds is 2. The molecular formula is C14H14BrNS.